The average molecular weight is 688 g/mol. The Morgan fingerprint density at radius 2 is 1.98 bits per heavy atom. The van der Waals surface area contributed by atoms with Crippen LogP contribution >= 0.6 is 11.3 Å². The second kappa shape index (κ2) is 11.7. The number of rotatable bonds is 7. The molecule has 0 aliphatic carbocycles. The molecule has 256 valence electrons. The zero-order valence-corrected chi connectivity index (χ0v) is 28.2. The van der Waals surface area contributed by atoms with Gasteiger partial charge in [-0.1, -0.05) is 12.1 Å². The minimum Gasteiger partial charge on any atom is -0.461 e. The number of aliphatic hydroxyl groups excluding tert-OH is 1. The number of halogens is 2. The fourth-order valence-electron chi connectivity index (χ4n) is 9.52. The lowest BCUT2D eigenvalue weighted by Gasteiger charge is -2.42. The molecule has 2 aromatic heterocycles. The summed E-state index contributed by atoms with van der Waals surface area (Å²) in [6, 6.07) is 8.15. The molecule has 0 radical (unpaired) electrons. The Balaban J connectivity index is 1.23. The Morgan fingerprint density at radius 1 is 1.18 bits per heavy atom. The zero-order chi connectivity index (χ0) is 33.6. The molecule has 2 aromatic carbocycles. The number of benzene rings is 2. The Labute approximate surface area is 287 Å². The highest BCUT2D eigenvalue weighted by atomic mass is 32.1. The predicted molar refractivity (Wildman–Crippen MR) is 184 cm³/mol. The van der Waals surface area contributed by atoms with Gasteiger partial charge in [-0.2, -0.15) is 15.2 Å². The lowest BCUT2D eigenvalue weighted by atomic mass is 9.90. The third-order valence-electron chi connectivity index (χ3n) is 11.4. The van der Waals surface area contributed by atoms with Crippen LogP contribution in [0.1, 0.15) is 55.7 Å². The molecular formula is C36H39F2N7O3S. The van der Waals surface area contributed by atoms with Crippen molar-refractivity contribution in [2.45, 2.75) is 82.1 Å². The molecule has 4 fully saturated rings. The molecule has 0 spiro atoms. The highest BCUT2D eigenvalue weighted by Crippen LogP contribution is 2.49. The molecule has 0 saturated carbocycles. The van der Waals surface area contributed by atoms with Crippen molar-refractivity contribution in [3.63, 3.8) is 0 Å². The van der Waals surface area contributed by atoms with Gasteiger partial charge >= 0.3 is 6.01 Å². The number of ether oxygens (including phenoxy) is 2. The molecule has 13 heteroatoms. The van der Waals surface area contributed by atoms with Crippen LogP contribution < -0.4 is 15.4 Å². The van der Waals surface area contributed by atoms with Gasteiger partial charge in [-0.3, -0.25) is 9.80 Å². The van der Waals surface area contributed by atoms with Gasteiger partial charge in [0.1, 0.15) is 35.2 Å². The number of hydrogen-bond donors (Lipinski definition) is 2. The largest absolute Gasteiger partial charge is 0.461 e. The molecule has 49 heavy (non-hydrogen) atoms. The van der Waals surface area contributed by atoms with Crippen LogP contribution in [0.4, 0.5) is 19.6 Å². The van der Waals surface area contributed by atoms with Crippen LogP contribution in [0, 0.1) is 17.1 Å². The first kappa shape index (κ1) is 31.3. The molecule has 3 N–H and O–H groups in total. The summed E-state index contributed by atoms with van der Waals surface area (Å²) in [6.45, 7) is 5.88. The van der Waals surface area contributed by atoms with Gasteiger partial charge in [-0.15, -0.1) is 11.3 Å². The second-order valence-corrected chi connectivity index (χ2v) is 15.6. The lowest BCUT2D eigenvalue weighted by Crippen LogP contribution is -2.55. The SMILES string of the molecule is CC(O)CN1CC2CCC(C1)N2c1nc(OC[C@@]23CCCN2CC(F)C3)nc2c(F)c(-c3cccc4sc(N)c(C#N)c34)c3c(c12)COC3. The van der Waals surface area contributed by atoms with Gasteiger partial charge in [0.05, 0.1) is 35.8 Å². The maximum absolute atomic E-state index is 17.5. The molecule has 5 aliphatic rings. The fourth-order valence-corrected chi connectivity index (χ4v) is 10.5. The molecule has 4 unspecified atom stereocenters. The van der Waals surface area contributed by atoms with Crippen LogP contribution in [-0.2, 0) is 18.0 Å². The highest BCUT2D eigenvalue weighted by Gasteiger charge is 2.50. The van der Waals surface area contributed by atoms with Crippen LogP contribution in [0.2, 0.25) is 0 Å². The summed E-state index contributed by atoms with van der Waals surface area (Å²) in [4.78, 5) is 16.7. The number of fused-ring (bicyclic) bond motifs is 7. The molecule has 5 atom stereocenters. The van der Waals surface area contributed by atoms with Gasteiger partial charge in [0, 0.05) is 60.3 Å². The molecule has 9 rings (SSSR count). The first-order valence-corrected chi connectivity index (χ1v) is 18.1. The molecule has 4 aromatic rings. The van der Waals surface area contributed by atoms with Gasteiger partial charge < -0.3 is 25.2 Å². The number of nitrogen functional groups attached to an aromatic ring is 1. The van der Waals surface area contributed by atoms with E-state index in [9.17, 15) is 14.8 Å². The highest BCUT2D eigenvalue weighted by molar-refractivity contribution is 7.23. The number of alkyl halides is 1. The van der Waals surface area contributed by atoms with Crippen molar-refractivity contribution < 1.29 is 23.4 Å². The quantitative estimate of drug-likeness (QED) is 0.271. The third kappa shape index (κ3) is 4.90. The normalized spacial score (nSPS) is 27.2. The number of anilines is 2. The number of β-amino-alcohol motifs (C(OH)–C–C–N with tert-alkyl or cyclic N) is 1. The van der Waals surface area contributed by atoms with Crippen molar-refractivity contribution >= 4 is 43.1 Å². The minimum absolute atomic E-state index is 0.0799. The summed E-state index contributed by atoms with van der Waals surface area (Å²) in [5.74, 6) is 0.127. The molecule has 10 nitrogen and oxygen atoms in total. The summed E-state index contributed by atoms with van der Waals surface area (Å²) >= 11 is 1.31. The first-order chi connectivity index (χ1) is 23.7. The summed E-state index contributed by atoms with van der Waals surface area (Å²) in [7, 11) is 0. The van der Waals surface area contributed by atoms with Crippen LogP contribution in [0.3, 0.4) is 0 Å². The number of aliphatic hydroxyl groups is 1. The zero-order valence-electron chi connectivity index (χ0n) is 27.4. The molecule has 0 amide bonds. The van der Waals surface area contributed by atoms with E-state index in [-0.39, 0.29) is 43.4 Å². The van der Waals surface area contributed by atoms with E-state index in [0.717, 1.165) is 61.1 Å². The number of aromatic nitrogens is 2. The third-order valence-corrected chi connectivity index (χ3v) is 12.4. The van der Waals surface area contributed by atoms with E-state index in [2.05, 4.69) is 20.8 Å². The Kier molecular flexibility index (Phi) is 7.48. The number of hydrogen-bond acceptors (Lipinski definition) is 11. The summed E-state index contributed by atoms with van der Waals surface area (Å²) in [6.07, 6.45) is 2.79. The minimum atomic E-state index is -0.903. The van der Waals surface area contributed by atoms with Crippen LogP contribution in [0.25, 0.3) is 32.1 Å². The number of piperazine rings is 1. The van der Waals surface area contributed by atoms with Gasteiger partial charge in [0.2, 0.25) is 0 Å². The van der Waals surface area contributed by atoms with E-state index in [1.165, 1.54) is 11.3 Å². The van der Waals surface area contributed by atoms with E-state index in [1.807, 2.05) is 25.1 Å². The van der Waals surface area contributed by atoms with Gasteiger partial charge in [0.15, 0.2) is 5.82 Å². The molecule has 5 aliphatic heterocycles. The smallest absolute Gasteiger partial charge is 0.319 e. The molecule has 7 heterocycles. The van der Waals surface area contributed by atoms with Crippen molar-refractivity contribution in [2.24, 2.45) is 0 Å². The summed E-state index contributed by atoms with van der Waals surface area (Å²) in [5.41, 5.74) is 8.85. The van der Waals surface area contributed by atoms with Crippen LogP contribution in [-0.4, -0.2) is 94.1 Å². The van der Waals surface area contributed by atoms with Crippen molar-refractivity contribution in [1.29, 1.82) is 5.26 Å². The maximum atomic E-state index is 17.5. The topological polar surface area (TPSA) is 124 Å². The summed E-state index contributed by atoms with van der Waals surface area (Å²) < 4.78 is 45.4. The van der Waals surface area contributed by atoms with E-state index >= 15 is 4.39 Å². The predicted octanol–water partition coefficient (Wildman–Crippen LogP) is 5.12. The monoisotopic (exact) mass is 687 g/mol. The van der Waals surface area contributed by atoms with Gasteiger partial charge in [0.25, 0.3) is 0 Å². The second-order valence-electron chi connectivity index (χ2n) is 14.5. The Bertz CT molecular complexity index is 2020. The molecule has 2 bridgehead atoms. The number of nitrogens with two attached hydrogens (primary N) is 1. The van der Waals surface area contributed by atoms with E-state index in [1.54, 1.807) is 0 Å². The lowest BCUT2D eigenvalue weighted by molar-refractivity contribution is 0.107. The van der Waals surface area contributed by atoms with E-state index in [0.29, 0.717) is 57.8 Å². The molecule has 4 saturated heterocycles. The Morgan fingerprint density at radius 3 is 2.76 bits per heavy atom. The van der Waals surface area contributed by atoms with E-state index < -0.39 is 23.6 Å². The first-order valence-electron chi connectivity index (χ1n) is 17.3. The van der Waals surface area contributed by atoms with E-state index in [4.69, 9.17) is 25.2 Å². The standard InChI is InChI=1S/C36H39F2N7O3S/c1-19(46)12-43-14-21-6-7-22(15-43)45(21)34-30-26-17-47-16-25(26)29(23-4-2-5-27-28(23)24(11-39)33(40)49-27)31(38)32(30)41-35(42-34)48-18-36-8-3-9-44(36)13-20(37)10-36/h2,4-5,19-22,46H,3,6-10,12-18,40H2,1H3/t19?,20?,21?,22?,36-/m0/s1. The van der Waals surface area contributed by atoms with Crippen molar-refractivity contribution in [2.75, 3.05) is 50.0 Å². The number of nitrogens with zero attached hydrogens (tertiary/aromatic N) is 6. The average Bonchev–Trinajstić information content (AvgIpc) is 3.87. The van der Waals surface area contributed by atoms with Gasteiger partial charge in [-0.05, 0) is 61.9 Å². The number of thiophene rings is 1. The van der Waals surface area contributed by atoms with Crippen molar-refractivity contribution in [3.8, 4) is 23.2 Å². The fraction of sp³-hybridized carbons (Fsp3) is 0.528. The maximum Gasteiger partial charge on any atom is 0.319 e. The van der Waals surface area contributed by atoms with Crippen LogP contribution in [0.5, 0.6) is 6.01 Å². The van der Waals surface area contributed by atoms with Crippen LogP contribution in [0.15, 0.2) is 18.2 Å². The number of nitriles is 1. The Hall–Kier alpha value is -3.67. The van der Waals surface area contributed by atoms with Crippen molar-refractivity contribution in [1.82, 2.24) is 19.8 Å². The molecular weight excluding hydrogens is 649 g/mol. The summed E-state index contributed by atoms with van der Waals surface area (Å²) in [5, 5.41) is 21.8. The van der Waals surface area contributed by atoms with Gasteiger partial charge in [-0.25, -0.2) is 8.78 Å². The number of likely N-dealkylation sites (tertiary alicyclic amines) is 1. The van der Waals surface area contributed by atoms with Crippen molar-refractivity contribution in [3.05, 3.63) is 40.7 Å².